The van der Waals surface area contributed by atoms with Gasteiger partial charge in [-0.1, -0.05) is 0 Å². The number of carboxylic acids is 1. The molecular weight excluding hydrogens is 288 g/mol. The average Bonchev–Trinajstić information content (AvgIpc) is 2.44. The summed E-state index contributed by atoms with van der Waals surface area (Å²) in [5, 5.41) is 8.79. The molecule has 0 spiro atoms. The lowest BCUT2D eigenvalue weighted by atomic mass is 10.2. The Hall–Kier alpha value is -2.57. The number of ether oxygens (including phenoxy) is 1. The fourth-order valence-electron chi connectivity index (χ4n) is 1.82. The Kier molecular flexibility index (Phi) is 6.37. The zero-order valence-corrected chi connectivity index (χ0v) is 12.6. The van der Waals surface area contributed by atoms with Crippen molar-refractivity contribution < 1.29 is 24.2 Å². The normalized spacial score (nSPS) is 10.3. The van der Waals surface area contributed by atoms with Crippen molar-refractivity contribution in [3.63, 3.8) is 0 Å². The van der Waals surface area contributed by atoms with Gasteiger partial charge in [0.05, 0.1) is 13.0 Å². The summed E-state index contributed by atoms with van der Waals surface area (Å²) in [6, 6.07) is 6.04. The second kappa shape index (κ2) is 8.02. The van der Waals surface area contributed by atoms with Crippen molar-refractivity contribution in [3.8, 4) is 5.75 Å². The number of nitrogens with zero attached hydrogens (tertiary/aromatic N) is 1. The van der Waals surface area contributed by atoms with Crippen LogP contribution in [0.15, 0.2) is 24.3 Å². The van der Waals surface area contributed by atoms with Crippen molar-refractivity contribution in [2.24, 2.45) is 5.73 Å². The summed E-state index contributed by atoms with van der Waals surface area (Å²) in [4.78, 5) is 34.9. The standard InChI is InChI=1S/C15H20N2O5/c1-10(2)17(9-14(19)20)13(18)7-8-22-12-5-3-11(4-6-12)15(16)21/h3-6,10H,7-9H2,1-2H3,(H2,16,21)(H,19,20). The van der Waals surface area contributed by atoms with Gasteiger partial charge >= 0.3 is 5.97 Å². The highest BCUT2D eigenvalue weighted by atomic mass is 16.5. The third kappa shape index (κ3) is 5.43. The number of amides is 2. The molecule has 1 rings (SSSR count). The van der Waals surface area contributed by atoms with Crippen LogP contribution in [-0.4, -0.2) is 47.0 Å². The van der Waals surface area contributed by atoms with Gasteiger partial charge in [-0.2, -0.15) is 0 Å². The number of benzene rings is 1. The summed E-state index contributed by atoms with van der Waals surface area (Å²) < 4.78 is 5.40. The maximum Gasteiger partial charge on any atom is 0.323 e. The molecule has 0 aliphatic carbocycles. The van der Waals surface area contributed by atoms with E-state index in [9.17, 15) is 14.4 Å². The molecule has 3 N–H and O–H groups in total. The van der Waals surface area contributed by atoms with Gasteiger partial charge < -0.3 is 20.5 Å². The molecule has 0 saturated heterocycles. The van der Waals surface area contributed by atoms with Gasteiger partial charge in [-0.05, 0) is 38.1 Å². The second-order valence-corrected chi connectivity index (χ2v) is 5.00. The van der Waals surface area contributed by atoms with Gasteiger partial charge in [-0.3, -0.25) is 14.4 Å². The molecule has 0 heterocycles. The number of carbonyl (C=O) groups is 3. The number of nitrogens with two attached hydrogens (primary N) is 1. The molecule has 2 amide bonds. The molecule has 0 atom stereocenters. The molecule has 1 aromatic carbocycles. The summed E-state index contributed by atoms with van der Waals surface area (Å²) in [5.74, 6) is -1.36. The summed E-state index contributed by atoms with van der Waals surface area (Å²) >= 11 is 0. The van der Waals surface area contributed by atoms with E-state index in [1.54, 1.807) is 26.0 Å². The van der Waals surface area contributed by atoms with Gasteiger partial charge in [-0.15, -0.1) is 0 Å². The van der Waals surface area contributed by atoms with Gasteiger partial charge in [0.2, 0.25) is 11.8 Å². The topological polar surface area (TPSA) is 110 Å². The third-order valence-electron chi connectivity index (χ3n) is 2.97. The maximum atomic E-state index is 12.0. The molecule has 0 saturated carbocycles. The highest BCUT2D eigenvalue weighted by Gasteiger charge is 2.19. The lowest BCUT2D eigenvalue weighted by Gasteiger charge is -2.24. The first-order valence-electron chi connectivity index (χ1n) is 6.85. The Labute approximate surface area is 128 Å². The van der Waals surface area contributed by atoms with E-state index >= 15 is 0 Å². The fourth-order valence-corrected chi connectivity index (χ4v) is 1.82. The van der Waals surface area contributed by atoms with Crippen molar-refractivity contribution >= 4 is 17.8 Å². The van der Waals surface area contributed by atoms with Gasteiger partial charge in [-0.25, -0.2) is 0 Å². The number of hydrogen-bond donors (Lipinski definition) is 2. The predicted molar refractivity (Wildman–Crippen MR) is 79.6 cm³/mol. The summed E-state index contributed by atoms with van der Waals surface area (Å²) in [6.07, 6.45) is 0.0725. The minimum atomic E-state index is -1.05. The molecule has 7 heteroatoms. The molecule has 0 radical (unpaired) electrons. The first kappa shape index (κ1) is 17.5. The Morgan fingerprint density at radius 1 is 1.23 bits per heavy atom. The van der Waals surface area contributed by atoms with E-state index in [4.69, 9.17) is 15.6 Å². The van der Waals surface area contributed by atoms with Crippen molar-refractivity contribution in [1.29, 1.82) is 0 Å². The molecule has 120 valence electrons. The Morgan fingerprint density at radius 2 is 1.82 bits per heavy atom. The van der Waals surface area contributed by atoms with E-state index in [1.165, 1.54) is 17.0 Å². The summed E-state index contributed by atoms with van der Waals surface area (Å²) in [5.41, 5.74) is 5.50. The van der Waals surface area contributed by atoms with Gasteiger partial charge in [0, 0.05) is 11.6 Å². The summed E-state index contributed by atoms with van der Waals surface area (Å²) in [7, 11) is 0. The van der Waals surface area contributed by atoms with Crippen LogP contribution in [0.25, 0.3) is 0 Å². The van der Waals surface area contributed by atoms with Gasteiger partial charge in [0.25, 0.3) is 0 Å². The Bertz CT molecular complexity index is 539. The minimum Gasteiger partial charge on any atom is -0.493 e. The number of rotatable bonds is 8. The molecule has 0 aromatic heterocycles. The van der Waals surface area contributed by atoms with Crippen molar-refractivity contribution in [2.75, 3.05) is 13.2 Å². The first-order chi connectivity index (χ1) is 10.3. The minimum absolute atomic E-state index is 0.0725. The van der Waals surface area contributed by atoms with Crippen molar-refractivity contribution in [2.45, 2.75) is 26.3 Å². The number of carbonyl (C=O) groups excluding carboxylic acids is 2. The molecule has 0 aliphatic heterocycles. The smallest absolute Gasteiger partial charge is 0.323 e. The highest BCUT2D eigenvalue weighted by molar-refractivity contribution is 5.92. The number of aliphatic carboxylic acids is 1. The van der Waals surface area contributed by atoms with Crippen molar-refractivity contribution in [1.82, 2.24) is 4.90 Å². The average molecular weight is 308 g/mol. The van der Waals surface area contributed by atoms with Crippen LogP contribution in [-0.2, 0) is 9.59 Å². The van der Waals surface area contributed by atoms with E-state index in [0.29, 0.717) is 11.3 Å². The SMILES string of the molecule is CC(C)N(CC(=O)O)C(=O)CCOc1ccc(C(N)=O)cc1. The quantitative estimate of drug-likeness (QED) is 0.740. The van der Waals surface area contributed by atoms with Crippen molar-refractivity contribution in [3.05, 3.63) is 29.8 Å². The molecule has 0 fully saturated rings. The van der Waals surface area contributed by atoms with E-state index in [1.807, 2.05) is 0 Å². The molecule has 22 heavy (non-hydrogen) atoms. The number of carboxylic acid groups (broad SMARTS) is 1. The van der Waals surface area contributed by atoms with E-state index < -0.39 is 11.9 Å². The van der Waals surface area contributed by atoms with Crippen LogP contribution in [0.3, 0.4) is 0 Å². The maximum absolute atomic E-state index is 12.0. The number of primary amides is 1. The second-order valence-electron chi connectivity index (χ2n) is 5.00. The Balaban J connectivity index is 2.49. The predicted octanol–water partition coefficient (Wildman–Crippen LogP) is 0.876. The lowest BCUT2D eigenvalue weighted by molar-refractivity contribution is -0.146. The molecule has 0 aliphatic rings. The van der Waals surface area contributed by atoms with Crippen LogP contribution >= 0.6 is 0 Å². The molecule has 1 aromatic rings. The molecule has 7 nitrogen and oxygen atoms in total. The molecular formula is C15H20N2O5. The number of hydrogen-bond acceptors (Lipinski definition) is 4. The highest BCUT2D eigenvalue weighted by Crippen LogP contribution is 2.12. The van der Waals surface area contributed by atoms with Gasteiger partial charge in [0.15, 0.2) is 0 Å². The first-order valence-corrected chi connectivity index (χ1v) is 6.85. The van der Waals surface area contributed by atoms with E-state index in [2.05, 4.69) is 0 Å². The van der Waals surface area contributed by atoms with Crippen LogP contribution < -0.4 is 10.5 Å². The van der Waals surface area contributed by atoms with Crippen LogP contribution in [0.5, 0.6) is 5.75 Å². The Morgan fingerprint density at radius 3 is 2.27 bits per heavy atom. The fraction of sp³-hybridized carbons (Fsp3) is 0.400. The zero-order chi connectivity index (χ0) is 16.7. The monoisotopic (exact) mass is 308 g/mol. The third-order valence-corrected chi connectivity index (χ3v) is 2.97. The largest absolute Gasteiger partial charge is 0.493 e. The van der Waals surface area contributed by atoms with E-state index in [0.717, 1.165) is 0 Å². The lowest BCUT2D eigenvalue weighted by Crippen LogP contribution is -2.41. The molecule has 0 unspecified atom stereocenters. The van der Waals surface area contributed by atoms with Crippen LogP contribution in [0.2, 0.25) is 0 Å². The zero-order valence-electron chi connectivity index (χ0n) is 12.6. The van der Waals surface area contributed by atoms with Gasteiger partial charge in [0.1, 0.15) is 12.3 Å². The summed E-state index contributed by atoms with van der Waals surface area (Å²) in [6.45, 7) is 3.30. The molecule has 0 bridgehead atoms. The van der Waals surface area contributed by atoms with Crippen LogP contribution in [0.4, 0.5) is 0 Å². The van der Waals surface area contributed by atoms with E-state index in [-0.39, 0.29) is 31.5 Å². The van der Waals surface area contributed by atoms with Crippen LogP contribution in [0, 0.1) is 0 Å². The van der Waals surface area contributed by atoms with Crippen LogP contribution in [0.1, 0.15) is 30.6 Å².